The van der Waals surface area contributed by atoms with Crippen LogP contribution in [0.5, 0.6) is 5.75 Å². The van der Waals surface area contributed by atoms with E-state index in [1.807, 2.05) is 6.07 Å². The van der Waals surface area contributed by atoms with Crippen LogP contribution in [0.15, 0.2) is 53.6 Å². The molecule has 0 aliphatic heterocycles. The fraction of sp³-hybridized carbons (Fsp3) is 0.320. The third-order valence-corrected chi connectivity index (χ3v) is 5.12. The number of aromatic nitrogens is 2. The van der Waals surface area contributed by atoms with Crippen molar-refractivity contribution < 1.29 is 14.3 Å². The molecule has 3 rings (SSSR count). The smallest absolute Gasteiger partial charge is 0.257 e. The summed E-state index contributed by atoms with van der Waals surface area (Å²) < 4.78 is 10.7. The highest BCUT2D eigenvalue weighted by atomic mass is 16.5. The van der Waals surface area contributed by atoms with Gasteiger partial charge < -0.3 is 25.1 Å². The number of nitrogens with zero attached hydrogens (tertiary/aromatic N) is 1. The maximum absolute atomic E-state index is 13.0. The second kappa shape index (κ2) is 10.3. The number of pyridine rings is 2. The SMILES string of the molecule is COCCNc1ccc(C(=O)Nc2cc(-c3ccc[nH]c3=O)cc(C(C)(C)C)c2OC)cn1. The molecule has 0 atom stereocenters. The Morgan fingerprint density at radius 3 is 2.55 bits per heavy atom. The van der Waals surface area contributed by atoms with Crippen molar-refractivity contribution in [2.75, 3.05) is 38.0 Å². The second-order valence-electron chi connectivity index (χ2n) is 8.57. The number of benzene rings is 1. The third-order valence-electron chi connectivity index (χ3n) is 5.12. The molecule has 2 heterocycles. The van der Waals surface area contributed by atoms with E-state index >= 15 is 0 Å². The summed E-state index contributed by atoms with van der Waals surface area (Å²) in [5.41, 5.74) is 2.45. The molecule has 8 nitrogen and oxygen atoms in total. The van der Waals surface area contributed by atoms with Crippen LogP contribution in [0.25, 0.3) is 11.1 Å². The molecule has 0 aliphatic carbocycles. The number of anilines is 2. The summed E-state index contributed by atoms with van der Waals surface area (Å²) in [6, 6.07) is 10.6. The summed E-state index contributed by atoms with van der Waals surface area (Å²) in [6.07, 6.45) is 3.09. The molecule has 1 aromatic carbocycles. The van der Waals surface area contributed by atoms with E-state index < -0.39 is 0 Å². The minimum Gasteiger partial charge on any atom is -0.494 e. The van der Waals surface area contributed by atoms with Gasteiger partial charge in [-0.15, -0.1) is 0 Å². The number of hydrogen-bond acceptors (Lipinski definition) is 6. The van der Waals surface area contributed by atoms with Crippen LogP contribution in [0.2, 0.25) is 0 Å². The van der Waals surface area contributed by atoms with Crippen molar-refractivity contribution in [3.05, 3.63) is 70.3 Å². The Morgan fingerprint density at radius 1 is 1.15 bits per heavy atom. The van der Waals surface area contributed by atoms with Gasteiger partial charge in [0, 0.05) is 37.2 Å². The molecule has 0 fully saturated rings. The lowest BCUT2D eigenvalue weighted by atomic mass is 9.84. The van der Waals surface area contributed by atoms with Crippen LogP contribution in [0.4, 0.5) is 11.5 Å². The van der Waals surface area contributed by atoms with Gasteiger partial charge in [0.15, 0.2) is 0 Å². The molecule has 3 N–H and O–H groups in total. The van der Waals surface area contributed by atoms with Gasteiger partial charge in [-0.1, -0.05) is 20.8 Å². The lowest BCUT2D eigenvalue weighted by molar-refractivity contribution is 0.102. The first-order valence-electron chi connectivity index (χ1n) is 10.7. The molecule has 0 bridgehead atoms. The minimum absolute atomic E-state index is 0.208. The van der Waals surface area contributed by atoms with Gasteiger partial charge in [-0.05, 0) is 47.4 Å². The molecule has 1 amide bonds. The molecule has 174 valence electrons. The van der Waals surface area contributed by atoms with Gasteiger partial charge in [0.1, 0.15) is 11.6 Å². The predicted molar refractivity (Wildman–Crippen MR) is 130 cm³/mol. The number of nitrogens with one attached hydrogen (secondary N) is 3. The Morgan fingerprint density at radius 2 is 1.94 bits per heavy atom. The van der Waals surface area contributed by atoms with E-state index in [-0.39, 0.29) is 16.9 Å². The van der Waals surface area contributed by atoms with Crippen LogP contribution in [-0.2, 0) is 10.2 Å². The molecular weight excluding hydrogens is 420 g/mol. The highest BCUT2D eigenvalue weighted by Crippen LogP contribution is 2.40. The number of aromatic amines is 1. The number of methoxy groups -OCH3 is 2. The monoisotopic (exact) mass is 450 g/mol. The summed E-state index contributed by atoms with van der Waals surface area (Å²) in [7, 11) is 3.20. The van der Waals surface area contributed by atoms with Crippen molar-refractivity contribution in [1.82, 2.24) is 9.97 Å². The first kappa shape index (κ1) is 24.0. The number of hydrogen-bond donors (Lipinski definition) is 3. The van der Waals surface area contributed by atoms with Crippen LogP contribution in [0.1, 0.15) is 36.7 Å². The van der Waals surface area contributed by atoms with Gasteiger partial charge in [-0.3, -0.25) is 9.59 Å². The van der Waals surface area contributed by atoms with Crippen molar-refractivity contribution in [3.63, 3.8) is 0 Å². The van der Waals surface area contributed by atoms with Crippen molar-refractivity contribution in [3.8, 4) is 16.9 Å². The van der Waals surface area contributed by atoms with E-state index in [4.69, 9.17) is 9.47 Å². The number of carbonyl (C=O) groups excluding carboxylic acids is 1. The van der Waals surface area contributed by atoms with Crippen LogP contribution in [0, 0.1) is 0 Å². The lowest BCUT2D eigenvalue weighted by Crippen LogP contribution is -2.18. The summed E-state index contributed by atoms with van der Waals surface area (Å²) in [5, 5.41) is 6.05. The summed E-state index contributed by atoms with van der Waals surface area (Å²) >= 11 is 0. The summed E-state index contributed by atoms with van der Waals surface area (Å²) in [4.78, 5) is 32.4. The number of H-pyrrole nitrogens is 1. The van der Waals surface area contributed by atoms with Crippen molar-refractivity contribution in [1.29, 1.82) is 0 Å². The maximum Gasteiger partial charge on any atom is 0.257 e. The zero-order valence-corrected chi connectivity index (χ0v) is 19.6. The van der Waals surface area contributed by atoms with E-state index in [2.05, 4.69) is 41.4 Å². The zero-order chi connectivity index (χ0) is 24.0. The van der Waals surface area contributed by atoms with Crippen molar-refractivity contribution >= 4 is 17.4 Å². The molecule has 33 heavy (non-hydrogen) atoms. The summed E-state index contributed by atoms with van der Waals surface area (Å²) in [5.74, 6) is 0.877. The highest BCUT2D eigenvalue weighted by Gasteiger charge is 2.24. The Hall–Kier alpha value is -3.65. The zero-order valence-electron chi connectivity index (χ0n) is 19.6. The van der Waals surface area contributed by atoms with Gasteiger partial charge in [0.05, 0.1) is 25.0 Å². The fourth-order valence-corrected chi connectivity index (χ4v) is 3.41. The van der Waals surface area contributed by atoms with E-state index in [0.717, 1.165) is 5.56 Å². The molecule has 0 aliphatic rings. The molecule has 0 unspecified atom stereocenters. The lowest BCUT2D eigenvalue weighted by Gasteiger charge is -2.25. The van der Waals surface area contributed by atoms with Crippen LogP contribution in [-0.4, -0.2) is 43.2 Å². The average Bonchev–Trinajstić information content (AvgIpc) is 2.79. The molecule has 0 saturated heterocycles. The number of rotatable bonds is 8. The Labute approximate surface area is 193 Å². The highest BCUT2D eigenvalue weighted by molar-refractivity contribution is 6.05. The van der Waals surface area contributed by atoms with Crippen molar-refractivity contribution in [2.24, 2.45) is 0 Å². The van der Waals surface area contributed by atoms with E-state index in [9.17, 15) is 9.59 Å². The first-order valence-corrected chi connectivity index (χ1v) is 10.7. The molecule has 3 aromatic rings. The van der Waals surface area contributed by atoms with Gasteiger partial charge in [-0.25, -0.2) is 4.98 Å². The van der Waals surface area contributed by atoms with E-state index in [1.165, 1.54) is 6.20 Å². The fourth-order valence-electron chi connectivity index (χ4n) is 3.41. The molecular formula is C25H30N4O4. The average molecular weight is 451 g/mol. The molecule has 2 aromatic heterocycles. The van der Waals surface area contributed by atoms with Crippen LogP contribution < -0.4 is 20.9 Å². The Kier molecular flexibility index (Phi) is 7.50. The third kappa shape index (κ3) is 5.78. The second-order valence-corrected chi connectivity index (χ2v) is 8.57. The first-order chi connectivity index (χ1) is 15.7. The van der Waals surface area contributed by atoms with E-state index in [0.29, 0.717) is 47.1 Å². The minimum atomic E-state index is -0.330. The van der Waals surface area contributed by atoms with Crippen LogP contribution in [0.3, 0.4) is 0 Å². The quantitative estimate of drug-likeness (QED) is 0.447. The van der Waals surface area contributed by atoms with Crippen LogP contribution >= 0.6 is 0 Å². The van der Waals surface area contributed by atoms with Gasteiger partial charge in [0.2, 0.25) is 0 Å². The molecule has 0 saturated carbocycles. The van der Waals surface area contributed by atoms with Crippen molar-refractivity contribution in [2.45, 2.75) is 26.2 Å². The Bertz CT molecular complexity index is 1160. The topological polar surface area (TPSA) is 105 Å². The Balaban J connectivity index is 1.97. The standard InChI is InChI=1S/C25H30N4O4/c1-25(2,3)19-13-17(18-7-6-10-27-24(18)31)14-20(22(19)33-5)29-23(30)16-8-9-21(28-15-16)26-11-12-32-4/h6-10,13-15H,11-12H2,1-5H3,(H,26,28)(H,27,31)(H,29,30). The molecule has 8 heteroatoms. The summed E-state index contributed by atoms with van der Waals surface area (Å²) in [6.45, 7) is 7.33. The van der Waals surface area contributed by atoms with Gasteiger partial charge in [-0.2, -0.15) is 0 Å². The number of amides is 1. The molecule has 0 spiro atoms. The predicted octanol–water partition coefficient (Wildman–Crippen LogP) is 4.05. The van der Waals surface area contributed by atoms with Gasteiger partial charge in [0.25, 0.3) is 11.5 Å². The normalized spacial score (nSPS) is 11.2. The number of ether oxygens (including phenoxy) is 2. The maximum atomic E-state index is 13.0. The number of carbonyl (C=O) groups is 1. The largest absolute Gasteiger partial charge is 0.494 e. The molecule has 0 radical (unpaired) electrons. The van der Waals surface area contributed by atoms with E-state index in [1.54, 1.807) is 50.7 Å². The van der Waals surface area contributed by atoms with Gasteiger partial charge >= 0.3 is 0 Å².